The molecule has 3 rings (SSSR count). The van der Waals surface area contributed by atoms with Crippen LogP contribution in [0.25, 0.3) is 0 Å². The fraction of sp³-hybridized carbons (Fsp3) is 0.300. The van der Waals surface area contributed by atoms with Crippen molar-refractivity contribution in [2.45, 2.75) is 19.1 Å². The van der Waals surface area contributed by atoms with Gasteiger partial charge in [-0.3, -0.25) is 9.59 Å². The number of benzene rings is 2. The largest absolute Gasteiger partial charge is 0.497 e. The van der Waals surface area contributed by atoms with Crippen molar-refractivity contribution < 1.29 is 27.5 Å². The Kier molecular flexibility index (Phi) is 5.58. The Morgan fingerprint density at radius 2 is 1.93 bits per heavy atom. The molecule has 2 amide bonds. The highest BCUT2D eigenvalue weighted by Gasteiger charge is 2.36. The maximum Gasteiger partial charge on any atom is 0.416 e. The first-order valence-electron chi connectivity index (χ1n) is 8.66. The fourth-order valence-corrected chi connectivity index (χ4v) is 3.06. The Morgan fingerprint density at radius 3 is 2.57 bits per heavy atom. The number of methoxy groups -OCH3 is 1. The average Bonchev–Trinajstić information content (AvgIpc) is 3.08. The van der Waals surface area contributed by atoms with E-state index in [9.17, 15) is 22.8 Å². The van der Waals surface area contributed by atoms with Crippen LogP contribution >= 0.6 is 0 Å². The number of alkyl halides is 3. The standard InChI is InChI=1S/C20H19F3N2O3/c1-28-17-7-5-13(6-8-17)11-24-19(27)14-9-18(26)25(12-14)16-4-2-3-15(10-16)20(21,22)23/h2-8,10,14H,9,11-12H2,1H3,(H,24,27). The molecule has 1 aliphatic heterocycles. The minimum atomic E-state index is -4.49. The second kappa shape index (κ2) is 7.92. The molecule has 0 spiro atoms. The smallest absolute Gasteiger partial charge is 0.416 e. The van der Waals surface area contributed by atoms with Crippen LogP contribution in [0.4, 0.5) is 18.9 Å². The van der Waals surface area contributed by atoms with Gasteiger partial charge in [0.25, 0.3) is 0 Å². The Morgan fingerprint density at radius 1 is 1.21 bits per heavy atom. The van der Waals surface area contributed by atoms with Crippen LogP contribution in [0.1, 0.15) is 17.5 Å². The van der Waals surface area contributed by atoms with E-state index in [1.807, 2.05) is 12.1 Å². The molecule has 0 aliphatic carbocycles. The van der Waals surface area contributed by atoms with Crippen molar-refractivity contribution >= 4 is 17.5 Å². The zero-order chi connectivity index (χ0) is 20.3. The number of anilines is 1. The van der Waals surface area contributed by atoms with Gasteiger partial charge in [-0.05, 0) is 35.9 Å². The lowest BCUT2D eigenvalue weighted by Gasteiger charge is -2.18. The second-order valence-electron chi connectivity index (χ2n) is 6.52. The quantitative estimate of drug-likeness (QED) is 0.849. The SMILES string of the molecule is COc1ccc(CNC(=O)C2CC(=O)N(c3cccc(C(F)(F)F)c3)C2)cc1. The average molecular weight is 392 g/mol. The molecule has 1 N–H and O–H groups in total. The van der Waals surface area contributed by atoms with E-state index in [0.717, 1.165) is 17.7 Å². The van der Waals surface area contributed by atoms with E-state index in [-0.39, 0.29) is 37.0 Å². The zero-order valence-electron chi connectivity index (χ0n) is 15.1. The predicted octanol–water partition coefficient (Wildman–Crippen LogP) is 3.38. The lowest BCUT2D eigenvalue weighted by atomic mass is 10.1. The minimum Gasteiger partial charge on any atom is -0.497 e. The molecule has 8 heteroatoms. The van der Waals surface area contributed by atoms with Crippen LogP contribution in [0, 0.1) is 5.92 Å². The third-order valence-electron chi connectivity index (χ3n) is 4.61. The molecule has 5 nitrogen and oxygen atoms in total. The van der Waals surface area contributed by atoms with Gasteiger partial charge in [-0.25, -0.2) is 0 Å². The number of hydrogen-bond acceptors (Lipinski definition) is 3. The molecule has 1 unspecified atom stereocenters. The normalized spacial score (nSPS) is 16.9. The molecule has 0 aromatic heterocycles. The van der Waals surface area contributed by atoms with E-state index in [0.29, 0.717) is 5.75 Å². The topological polar surface area (TPSA) is 58.6 Å². The maximum atomic E-state index is 12.9. The molecule has 1 aliphatic rings. The Labute approximate surface area is 160 Å². The second-order valence-corrected chi connectivity index (χ2v) is 6.52. The first-order chi connectivity index (χ1) is 13.3. The molecule has 1 atom stereocenters. The van der Waals surface area contributed by atoms with E-state index >= 15 is 0 Å². The number of carbonyl (C=O) groups excluding carboxylic acids is 2. The molecule has 2 aromatic carbocycles. The van der Waals surface area contributed by atoms with Crippen molar-refractivity contribution in [3.8, 4) is 5.75 Å². The van der Waals surface area contributed by atoms with Gasteiger partial charge < -0.3 is 15.0 Å². The Hall–Kier alpha value is -3.03. The van der Waals surface area contributed by atoms with Crippen molar-refractivity contribution in [3.05, 3.63) is 59.7 Å². The monoisotopic (exact) mass is 392 g/mol. The molecule has 1 heterocycles. The van der Waals surface area contributed by atoms with Crippen molar-refractivity contribution in [3.63, 3.8) is 0 Å². The molecular formula is C20H19F3N2O3. The summed E-state index contributed by atoms with van der Waals surface area (Å²) in [5.41, 5.74) is 0.184. The van der Waals surface area contributed by atoms with Crippen molar-refractivity contribution in [1.29, 1.82) is 0 Å². The lowest BCUT2D eigenvalue weighted by Crippen LogP contribution is -2.32. The number of halogens is 3. The minimum absolute atomic E-state index is 0.0370. The third-order valence-corrected chi connectivity index (χ3v) is 4.61. The third kappa shape index (κ3) is 4.44. The lowest BCUT2D eigenvalue weighted by molar-refractivity contribution is -0.137. The highest BCUT2D eigenvalue weighted by atomic mass is 19.4. The summed E-state index contributed by atoms with van der Waals surface area (Å²) in [5, 5.41) is 2.77. The first kappa shape index (κ1) is 19.7. The molecule has 1 saturated heterocycles. The molecule has 0 bridgehead atoms. The Bertz CT molecular complexity index is 866. The van der Waals surface area contributed by atoms with E-state index in [1.54, 1.807) is 19.2 Å². The van der Waals surface area contributed by atoms with Gasteiger partial charge in [0.05, 0.1) is 18.6 Å². The molecule has 148 valence electrons. The van der Waals surface area contributed by atoms with Gasteiger partial charge in [0, 0.05) is 25.2 Å². The predicted molar refractivity (Wildman–Crippen MR) is 96.7 cm³/mol. The molecule has 0 saturated carbocycles. The van der Waals surface area contributed by atoms with Crippen LogP contribution in [-0.4, -0.2) is 25.5 Å². The number of carbonyl (C=O) groups is 2. The fourth-order valence-electron chi connectivity index (χ4n) is 3.06. The van der Waals surface area contributed by atoms with Gasteiger partial charge in [-0.2, -0.15) is 13.2 Å². The van der Waals surface area contributed by atoms with E-state index in [1.165, 1.54) is 17.0 Å². The van der Waals surface area contributed by atoms with Gasteiger partial charge in [0.1, 0.15) is 5.75 Å². The van der Waals surface area contributed by atoms with Crippen LogP contribution in [-0.2, 0) is 22.3 Å². The highest BCUT2D eigenvalue weighted by Crippen LogP contribution is 2.33. The van der Waals surface area contributed by atoms with Crippen LogP contribution < -0.4 is 15.0 Å². The summed E-state index contributed by atoms with van der Waals surface area (Å²) in [4.78, 5) is 25.9. The Balaban J connectivity index is 1.62. The summed E-state index contributed by atoms with van der Waals surface area (Å²) >= 11 is 0. The summed E-state index contributed by atoms with van der Waals surface area (Å²) < 4.78 is 43.7. The molecule has 1 fully saturated rings. The van der Waals surface area contributed by atoms with Crippen molar-refractivity contribution in [2.24, 2.45) is 5.92 Å². The summed E-state index contributed by atoms with van der Waals surface area (Å²) in [7, 11) is 1.56. The molecule has 28 heavy (non-hydrogen) atoms. The highest BCUT2D eigenvalue weighted by molar-refractivity contribution is 6.00. The van der Waals surface area contributed by atoms with Crippen molar-refractivity contribution in [2.75, 3.05) is 18.6 Å². The van der Waals surface area contributed by atoms with Gasteiger partial charge >= 0.3 is 6.18 Å². The summed E-state index contributed by atoms with van der Waals surface area (Å²) in [6, 6.07) is 11.7. The van der Waals surface area contributed by atoms with Crippen LogP contribution in [0.2, 0.25) is 0 Å². The van der Waals surface area contributed by atoms with Crippen molar-refractivity contribution in [1.82, 2.24) is 5.32 Å². The van der Waals surface area contributed by atoms with Crippen LogP contribution in [0.5, 0.6) is 5.75 Å². The number of ether oxygens (including phenoxy) is 1. The van der Waals surface area contributed by atoms with Gasteiger partial charge in [-0.15, -0.1) is 0 Å². The first-order valence-corrected chi connectivity index (χ1v) is 8.66. The maximum absolute atomic E-state index is 12.9. The summed E-state index contributed by atoms with van der Waals surface area (Å²) in [6.07, 6.45) is -4.53. The number of amides is 2. The van der Waals surface area contributed by atoms with E-state index in [4.69, 9.17) is 4.74 Å². The molecular weight excluding hydrogens is 373 g/mol. The van der Waals surface area contributed by atoms with Crippen LogP contribution in [0.15, 0.2) is 48.5 Å². The van der Waals surface area contributed by atoms with Crippen LogP contribution in [0.3, 0.4) is 0 Å². The van der Waals surface area contributed by atoms with Gasteiger partial charge in [0.2, 0.25) is 11.8 Å². The molecule has 0 radical (unpaired) electrons. The number of nitrogens with one attached hydrogen (secondary N) is 1. The number of nitrogens with zero attached hydrogens (tertiary/aromatic N) is 1. The summed E-state index contributed by atoms with van der Waals surface area (Å²) in [5.74, 6) is -0.587. The van der Waals surface area contributed by atoms with E-state index in [2.05, 4.69) is 5.32 Å². The van der Waals surface area contributed by atoms with E-state index < -0.39 is 17.7 Å². The zero-order valence-corrected chi connectivity index (χ0v) is 15.1. The summed E-state index contributed by atoms with van der Waals surface area (Å²) in [6.45, 7) is 0.339. The van der Waals surface area contributed by atoms with Gasteiger partial charge in [0.15, 0.2) is 0 Å². The number of hydrogen-bond donors (Lipinski definition) is 1. The number of rotatable bonds is 5. The molecule has 2 aromatic rings. The van der Waals surface area contributed by atoms with Gasteiger partial charge in [-0.1, -0.05) is 18.2 Å².